The van der Waals surface area contributed by atoms with Gasteiger partial charge in [-0.2, -0.15) is 13.2 Å². The predicted octanol–water partition coefficient (Wildman–Crippen LogP) is 0.312. The number of aliphatic carboxylic acids is 1. The molecule has 0 radical (unpaired) electrons. The predicted molar refractivity (Wildman–Crippen MR) is 108 cm³/mol. The first-order valence-electron chi connectivity index (χ1n) is 9.83. The normalized spacial score (nSPS) is 23.0. The number of likely N-dealkylation sites (tertiary alicyclic amines) is 1. The molecule has 0 saturated carbocycles. The van der Waals surface area contributed by atoms with Crippen molar-refractivity contribution in [3.63, 3.8) is 0 Å². The van der Waals surface area contributed by atoms with Crippen molar-refractivity contribution in [2.24, 2.45) is 5.92 Å². The zero-order valence-electron chi connectivity index (χ0n) is 16.8. The van der Waals surface area contributed by atoms with E-state index in [1.807, 2.05) is 0 Å². The van der Waals surface area contributed by atoms with Crippen LogP contribution in [0.1, 0.15) is 12.0 Å². The Morgan fingerprint density at radius 3 is 2.41 bits per heavy atom. The first kappa shape index (κ1) is 25.8. The number of phenolic OH excluding ortho intramolecular Hbond substituents is 1. The third kappa shape index (κ3) is 4.59. The summed E-state index contributed by atoms with van der Waals surface area (Å²) in [5, 5.41) is 21.3. The van der Waals surface area contributed by atoms with Crippen molar-refractivity contribution in [3.05, 3.63) is 41.1 Å². The number of carbonyl (C=O) groups is 4. The van der Waals surface area contributed by atoms with Gasteiger partial charge in [0.15, 0.2) is 0 Å². The van der Waals surface area contributed by atoms with Gasteiger partial charge in [-0.05, 0) is 29.7 Å². The van der Waals surface area contributed by atoms with E-state index in [1.165, 1.54) is 12.1 Å². The molecule has 2 saturated heterocycles. The average molecular weight is 493 g/mol. The van der Waals surface area contributed by atoms with E-state index < -0.39 is 60.4 Å². The second-order valence-corrected chi connectivity index (χ2v) is 7.92. The molecule has 0 spiro atoms. The van der Waals surface area contributed by atoms with E-state index in [0.29, 0.717) is 10.5 Å². The number of nitrogens with one attached hydrogen (secondary N) is 1. The fraction of sp³-hybridized carbons (Fsp3) is 0.400. The zero-order chi connectivity index (χ0) is 24.1. The van der Waals surface area contributed by atoms with E-state index in [1.54, 1.807) is 12.1 Å². The van der Waals surface area contributed by atoms with E-state index in [2.05, 4.69) is 5.32 Å². The van der Waals surface area contributed by atoms with Gasteiger partial charge in [-0.25, -0.2) is 9.59 Å². The first-order chi connectivity index (χ1) is 15.5. The molecule has 10 nitrogen and oxygen atoms in total. The van der Waals surface area contributed by atoms with E-state index in [0.717, 1.165) is 4.90 Å². The molecule has 14 heteroatoms. The molecule has 4 rings (SSSR count). The number of carbonyl (C=O) groups excluding carboxylic acids is 3. The number of hydrogen-bond donors (Lipinski definition) is 3. The number of rotatable bonds is 5. The number of aromatic hydroxyl groups is 1. The molecule has 1 aromatic carbocycles. The molecule has 178 valence electrons. The Labute approximate surface area is 212 Å². The van der Waals surface area contributed by atoms with Crippen LogP contribution < -0.4 is 5.32 Å². The molecular weight excluding hydrogens is 474 g/mol. The van der Waals surface area contributed by atoms with E-state index in [9.17, 15) is 42.6 Å². The van der Waals surface area contributed by atoms with Crippen LogP contribution in [0.4, 0.5) is 18.0 Å². The number of phenols is 1. The molecule has 3 heterocycles. The van der Waals surface area contributed by atoms with Crippen molar-refractivity contribution in [2.75, 3.05) is 13.2 Å². The van der Waals surface area contributed by atoms with Gasteiger partial charge in [-0.15, -0.1) is 0 Å². The second kappa shape index (κ2) is 9.47. The van der Waals surface area contributed by atoms with Crippen LogP contribution in [0.3, 0.4) is 0 Å². The summed E-state index contributed by atoms with van der Waals surface area (Å²) in [5.74, 6) is -5.09. The number of halogens is 3. The summed E-state index contributed by atoms with van der Waals surface area (Å²) >= 11 is 0. The van der Waals surface area contributed by atoms with Crippen LogP contribution in [0.15, 0.2) is 35.5 Å². The number of nitrogens with zero attached hydrogens (tertiary/aromatic N) is 2. The van der Waals surface area contributed by atoms with Crippen LogP contribution in [-0.2, 0) is 25.7 Å². The van der Waals surface area contributed by atoms with Crippen molar-refractivity contribution in [3.8, 4) is 5.75 Å². The number of ether oxygens (including phenoxy) is 1. The standard InChI is InChI=1S/C20H18F3N3O7.Na.H/c21-20(22,23)18(31)25-7-10-5-11(14(17(29)30)26-13(10)15(25)16(26)28)8-33-19(32)24-6-9-1-3-12(27)4-2-9;;/h1-4,10,13,15,27H,5-8H2,(H,24,32)(H,29,30);;/t10-,13-,15+;;/m1../s1. The number of benzene rings is 1. The van der Waals surface area contributed by atoms with Gasteiger partial charge in [0, 0.05) is 19.0 Å². The third-order valence-electron chi connectivity index (χ3n) is 5.90. The van der Waals surface area contributed by atoms with Crippen LogP contribution in [-0.4, -0.2) is 105 Å². The van der Waals surface area contributed by atoms with Gasteiger partial charge in [-0.3, -0.25) is 14.5 Å². The number of carboxylic acid groups (broad SMARTS) is 1. The van der Waals surface area contributed by atoms with Gasteiger partial charge in [0.2, 0.25) is 0 Å². The van der Waals surface area contributed by atoms with Crippen molar-refractivity contribution in [1.29, 1.82) is 0 Å². The Morgan fingerprint density at radius 2 is 1.82 bits per heavy atom. The zero-order valence-corrected chi connectivity index (χ0v) is 16.8. The molecular formula is C20H19F3N3NaO7. The van der Waals surface area contributed by atoms with E-state index in [-0.39, 0.29) is 60.4 Å². The Kier molecular flexibility index (Phi) is 7.20. The Hall–Kier alpha value is -2.77. The maximum atomic E-state index is 12.9. The maximum absolute atomic E-state index is 12.9. The molecule has 0 aromatic heterocycles. The van der Waals surface area contributed by atoms with Crippen LogP contribution in [0.2, 0.25) is 0 Å². The van der Waals surface area contributed by atoms with Crippen molar-refractivity contribution in [1.82, 2.24) is 15.1 Å². The Bertz CT molecular complexity index is 1060. The summed E-state index contributed by atoms with van der Waals surface area (Å²) in [5.41, 5.74) is 0.287. The van der Waals surface area contributed by atoms with Gasteiger partial charge in [0.05, 0.1) is 6.04 Å². The molecule has 0 unspecified atom stereocenters. The monoisotopic (exact) mass is 493 g/mol. The van der Waals surface area contributed by atoms with E-state index in [4.69, 9.17) is 4.74 Å². The summed E-state index contributed by atoms with van der Waals surface area (Å²) < 4.78 is 43.8. The van der Waals surface area contributed by atoms with E-state index >= 15 is 0 Å². The summed E-state index contributed by atoms with van der Waals surface area (Å²) in [4.78, 5) is 49.4. The molecule has 3 amide bonds. The van der Waals surface area contributed by atoms with Gasteiger partial charge >= 0.3 is 53.7 Å². The number of amides is 3. The van der Waals surface area contributed by atoms with Crippen LogP contribution >= 0.6 is 0 Å². The molecule has 3 atom stereocenters. The minimum atomic E-state index is -5.15. The molecule has 3 N–H and O–H groups in total. The topological polar surface area (TPSA) is 136 Å². The fourth-order valence-electron chi connectivity index (χ4n) is 4.53. The molecule has 0 aliphatic carbocycles. The minimum absolute atomic E-state index is 0. The second-order valence-electron chi connectivity index (χ2n) is 7.92. The quantitative estimate of drug-likeness (QED) is 0.397. The summed E-state index contributed by atoms with van der Waals surface area (Å²) in [6, 6.07) is 3.79. The molecule has 0 bridgehead atoms. The first-order valence-corrected chi connectivity index (χ1v) is 9.83. The number of hydrogen-bond acceptors (Lipinski definition) is 6. The van der Waals surface area contributed by atoms with Crippen LogP contribution in [0, 0.1) is 5.92 Å². The fourth-order valence-corrected chi connectivity index (χ4v) is 4.53. The molecule has 2 fully saturated rings. The molecule has 3 aliphatic rings. The number of β-lactam (4-membered cyclic amide) rings is 1. The summed E-state index contributed by atoms with van der Waals surface area (Å²) in [6.45, 7) is -0.789. The van der Waals surface area contributed by atoms with Crippen LogP contribution in [0.5, 0.6) is 5.75 Å². The number of alkyl halides is 3. The van der Waals surface area contributed by atoms with Crippen molar-refractivity contribution < 1.29 is 47.3 Å². The molecule has 3 aliphatic heterocycles. The average Bonchev–Trinajstić information content (AvgIpc) is 3.11. The van der Waals surface area contributed by atoms with Gasteiger partial charge in [0.25, 0.3) is 5.91 Å². The number of alkyl carbamates (subject to hydrolysis) is 1. The summed E-state index contributed by atoms with van der Waals surface area (Å²) in [6.07, 6.45) is -6.08. The third-order valence-corrected chi connectivity index (χ3v) is 5.90. The van der Waals surface area contributed by atoms with Gasteiger partial charge in [0.1, 0.15) is 24.1 Å². The van der Waals surface area contributed by atoms with Crippen LogP contribution in [0.25, 0.3) is 0 Å². The molecule has 34 heavy (non-hydrogen) atoms. The summed E-state index contributed by atoms with van der Waals surface area (Å²) in [7, 11) is 0. The van der Waals surface area contributed by atoms with Gasteiger partial charge < -0.3 is 25.2 Å². The van der Waals surface area contributed by atoms with Crippen molar-refractivity contribution >= 4 is 53.4 Å². The Balaban J connectivity index is 0.00000324. The SMILES string of the molecule is O=C(NCc1ccc(O)cc1)OCC1=C(C(=O)O)N2C(=O)[C@@H]3[C@H]2[C@H](C1)CN3C(=O)C(F)(F)F.[NaH]. The molecule has 1 aromatic rings. The van der Waals surface area contributed by atoms with Crippen molar-refractivity contribution in [2.45, 2.75) is 31.2 Å². The Morgan fingerprint density at radius 1 is 1.18 bits per heavy atom. The van der Waals surface area contributed by atoms with Gasteiger partial charge in [-0.1, -0.05) is 12.1 Å². The number of carboxylic acids is 1.